The molecule has 8 nitrogen and oxygen atoms in total. The van der Waals surface area contributed by atoms with Gasteiger partial charge in [0.1, 0.15) is 5.82 Å². The molecule has 0 saturated carbocycles. The third kappa shape index (κ3) is 5.99. The lowest BCUT2D eigenvalue weighted by atomic mass is 9.99. The van der Waals surface area contributed by atoms with Gasteiger partial charge in [0, 0.05) is 45.6 Å². The summed E-state index contributed by atoms with van der Waals surface area (Å²) in [6.07, 6.45) is 4.45. The van der Waals surface area contributed by atoms with Gasteiger partial charge in [-0.05, 0) is 62.3 Å². The molecule has 0 aliphatic carbocycles. The van der Waals surface area contributed by atoms with Crippen LogP contribution in [0.3, 0.4) is 0 Å². The van der Waals surface area contributed by atoms with E-state index in [0.29, 0.717) is 18.8 Å². The highest BCUT2D eigenvalue weighted by Crippen LogP contribution is 2.22. The number of carbonyl (C=O) groups is 1. The number of piperidine rings is 1. The number of nitrogens with one attached hydrogen (secondary N) is 1. The molecule has 2 aliphatic heterocycles. The van der Waals surface area contributed by atoms with Gasteiger partial charge in [-0.3, -0.25) is 9.69 Å². The fourth-order valence-corrected chi connectivity index (χ4v) is 5.13. The van der Waals surface area contributed by atoms with E-state index in [1.165, 1.54) is 24.0 Å². The van der Waals surface area contributed by atoms with E-state index in [1.54, 1.807) is 4.52 Å². The first-order chi connectivity index (χ1) is 17.0. The zero-order valence-corrected chi connectivity index (χ0v) is 21.0. The lowest BCUT2D eigenvalue weighted by Crippen LogP contribution is -2.33. The molecule has 5 rings (SSSR count). The Balaban J connectivity index is 1.09. The Morgan fingerprint density at radius 1 is 1.03 bits per heavy atom. The third-order valence-electron chi connectivity index (χ3n) is 7.48. The molecule has 1 aromatic carbocycles. The number of fused-ring (bicyclic) bond motifs is 1. The monoisotopic (exact) mass is 475 g/mol. The smallest absolute Gasteiger partial charge is 0.220 e. The summed E-state index contributed by atoms with van der Waals surface area (Å²) >= 11 is 0. The van der Waals surface area contributed by atoms with E-state index in [4.69, 9.17) is 5.10 Å². The number of aryl methyl sites for hydroxylation is 2. The molecule has 1 atom stereocenters. The van der Waals surface area contributed by atoms with Crippen LogP contribution in [0.15, 0.2) is 36.4 Å². The highest BCUT2D eigenvalue weighted by molar-refractivity contribution is 5.76. The van der Waals surface area contributed by atoms with Gasteiger partial charge in [0.05, 0.1) is 0 Å². The number of benzene rings is 1. The Morgan fingerprint density at radius 2 is 1.83 bits per heavy atom. The van der Waals surface area contributed by atoms with E-state index in [2.05, 4.69) is 63.4 Å². The predicted octanol–water partition coefficient (Wildman–Crippen LogP) is 3.24. The number of aromatic nitrogens is 4. The molecule has 1 amide bonds. The van der Waals surface area contributed by atoms with Crippen LogP contribution in [0.25, 0.3) is 5.65 Å². The second-order valence-electron chi connectivity index (χ2n) is 10.4. The van der Waals surface area contributed by atoms with E-state index in [-0.39, 0.29) is 5.91 Å². The van der Waals surface area contributed by atoms with Gasteiger partial charge in [-0.2, -0.15) is 4.52 Å². The van der Waals surface area contributed by atoms with Crippen LogP contribution in [0, 0.1) is 18.8 Å². The second-order valence-corrected chi connectivity index (χ2v) is 10.4. The average molecular weight is 476 g/mol. The molecular weight excluding hydrogens is 438 g/mol. The predicted molar refractivity (Wildman–Crippen MR) is 137 cm³/mol. The lowest BCUT2D eigenvalue weighted by Gasteiger charge is -2.30. The topological polar surface area (TPSA) is 78.7 Å². The maximum absolute atomic E-state index is 12.6. The lowest BCUT2D eigenvalue weighted by molar-refractivity contribution is -0.121. The average Bonchev–Trinajstić information content (AvgIpc) is 3.49. The van der Waals surface area contributed by atoms with Crippen molar-refractivity contribution in [3.05, 3.63) is 53.3 Å². The number of hydrogen-bond donors (Lipinski definition) is 1. The van der Waals surface area contributed by atoms with Crippen molar-refractivity contribution in [2.45, 2.75) is 52.5 Å². The van der Waals surface area contributed by atoms with Crippen LogP contribution in [0.2, 0.25) is 0 Å². The molecule has 0 unspecified atom stereocenters. The highest BCUT2D eigenvalue weighted by atomic mass is 16.1. The summed E-state index contributed by atoms with van der Waals surface area (Å²) in [5.74, 6) is 3.06. The van der Waals surface area contributed by atoms with Crippen molar-refractivity contribution in [2.75, 3.05) is 37.6 Å². The van der Waals surface area contributed by atoms with Crippen molar-refractivity contribution >= 4 is 17.4 Å². The largest absolute Gasteiger partial charge is 0.356 e. The first-order valence-electron chi connectivity index (χ1n) is 13.0. The summed E-state index contributed by atoms with van der Waals surface area (Å²) in [5, 5.41) is 16.5. The molecule has 2 saturated heterocycles. The van der Waals surface area contributed by atoms with Gasteiger partial charge in [-0.15, -0.1) is 15.3 Å². The van der Waals surface area contributed by atoms with E-state index >= 15 is 0 Å². The van der Waals surface area contributed by atoms with Crippen molar-refractivity contribution in [1.29, 1.82) is 0 Å². The Hall–Kier alpha value is -3.00. The molecule has 2 fully saturated rings. The van der Waals surface area contributed by atoms with Gasteiger partial charge >= 0.3 is 0 Å². The van der Waals surface area contributed by atoms with Crippen LogP contribution >= 0.6 is 0 Å². The first kappa shape index (κ1) is 23.7. The van der Waals surface area contributed by atoms with Gasteiger partial charge < -0.3 is 10.2 Å². The quantitative estimate of drug-likeness (QED) is 0.539. The molecule has 186 valence electrons. The molecule has 0 spiro atoms. The molecule has 0 radical (unpaired) electrons. The molecular formula is C27H37N7O. The van der Waals surface area contributed by atoms with Gasteiger partial charge in [0.25, 0.3) is 0 Å². The molecule has 2 aromatic heterocycles. The number of likely N-dealkylation sites (tertiary alicyclic amines) is 1. The minimum atomic E-state index is 0.0694. The van der Waals surface area contributed by atoms with Crippen molar-refractivity contribution in [3.63, 3.8) is 0 Å². The molecule has 3 aromatic rings. The summed E-state index contributed by atoms with van der Waals surface area (Å²) in [7, 11) is 0. The van der Waals surface area contributed by atoms with Crippen LogP contribution in [0.4, 0.5) is 5.82 Å². The number of rotatable bonds is 8. The molecule has 35 heavy (non-hydrogen) atoms. The number of nitrogens with zero attached hydrogens (tertiary/aromatic N) is 6. The zero-order valence-electron chi connectivity index (χ0n) is 21.0. The normalized spacial score (nSPS) is 19.5. The van der Waals surface area contributed by atoms with E-state index in [9.17, 15) is 4.79 Å². The van der Waals surface area contributed by atoms with E-state index in [1.807, 2.05) is 12.1 Å². The zero-order chi connectivity index (χ0) is 24.2. The Bertz CT molecular complexity index is 1130. The van der Waals surface area contributed by atoms with Gasteiger partial charge in [-0.25, -0.2) is 0 Å². The number of amides is 1. The SMILES string of the molecule is Cc1ccc(CN2CC[C@H](CNC(=O)CCc3nnc4ccc(N5CCC(C)CC5)nn34)C2)cc1. The third-order valence-corrected chi connectivity index (χ3v) is 7.48. The first-order valence-corrected chi connectivity index (χ1v) is 13.0. The molecule has 2 aliphatic rings. The Labute approximate surface area is 207 Å². The fourth-order valence-electron chi connectivity index (χ4n) is 5.13. The minimum Gasteiger partial charge on any atom is -0.356 e. The second kappa shape index (κ2) is 10.7. The van der Waals surface area contributed by atoms with E-state index < -0.39 is 0 Å². The van der Waals surface area contributed by atoms with Crippen LogP contribution in [0.5, 0.6) is 0 Å². The Morgan fingerprint density at radius 3 is 2.63 bits per heavy atom. The summed E-state index contributed by atoms with van der Waals surface area (Å²) in [4.78, 5) is 17.4. The van der Waals surface area contributed by atoms with Crippen molar-refractivity contribution < 1.29 is 4.79 Å². The standard InChI is InChI=1S/C27H37N7O/c1-20-3-5-22(6-4-20)18-32-14-13-23(19-32)17-28-27(35)10-9-25-30-29-24-7-8-26(31-34(24)25)33-15-11-21(2)12-16-33/h3-8,21,23H,9-19H2,1-2H3,(H,28,35)/t23-/m1/s1. The fraction of sp³-hybridized carbons (Fsp3) is 0.556. The number of anilines is 1. The minimum absolute atomic E-state index is 0.0694. The van der Waals surface area contributed by atoms with Crippen molar-refractivity contribution in [2.24, 2.45) is 11.8 Å². The van der Waals surface area contributed by atoms with Crippen LogP contribution < -0.4 is 10.2 Å². The summed E-state index contributed by atoms with van der Waals surface area (Å²) < 4.78 is 1.81. The molecule has 0 bridgehead atoms. The van der Waals surface area contributed by atoms with Crippen molar-refractivity contribution in [3.8, 4) is 0 Å². The maximum atomic E-state index is 12.6. The Kier molecular flexibility index (Phi) is 7.27. The maximum Gasteiger partial charge on any atom is 0.220 e. The summed E-state index contributed by atoms with van der Waals surface area (Å²) in [6, 6.07) is 12.8. The van der Waals surface area contributed by atoms with Gasteiger partial charge in [0.15, 0.2) is 11.5 Å². The van der Waals surface area contributed by atoms with Gasteiger partial charge in [0.2, 0.25) is 5.91 Å². The van der Waals surface area contributed by atoms with Crippen LogP contribution in [-0.4, -0.2) is 63.3 Å². The molecule has 1 N–H and O–H groups in total. The van der Waals surface area contributed by atoms with Crippen LogP contribution in [-0.2, 0) is 17.8 Å². The van der Waals surface area contributed by atoms with Crippen LogP contribution in [0.1, 0.15) is 49.6 Å². The van der Waals surface area contributed by atoms with Crippen molar-refractivity contribution in [1.82, 2.24) is 30.0 Å². The van der Waals surface area contributed by atoms with E-state index in [0.717, 1.165) is 68.9 Å². The highest BCUT2D eigenvalue weighted by Gasteiger charge is 2.23. The summed E-state index contributed by atoms with van der Waals surface area (Å²) in [6.45, 7) is 10.3. The molecule has 4 heterocycles. The number of carbonyl (C=O) groups excluding carboxylic acids is 1. The number of hydrogen-bond acceptors (Lipinski definition) is 6. The molecule has 8 heteroatoms. The summed E-state index contributed by atoms with van der Waals surface area (Å²) in [5.41, 5.74) is 3.38. The van der Waals surface area contributed by atoms with Gasteiger partial charge in [-0.1, -0.05) is 36.8 Å².